The van der Waals surface area contributed by atoms with Crippen LogP contribution in [-0.2, 0) is 0 Å². The average Bonchev–Trinajstić information content (AvgIpc) is 3.25. The van der Waals surface area contributed by atoms with Crippen LogP contribution in [0.5, 0.6) is 5.75 Å². The molecule has 0 amide bonds. The van der Waals surface area contributed by atoms with Crippen LogP contribution < -0.4 is 4.74 Å². The number of hydrogen-bond donors (Lipinski definition) is 1. The molecule has 0 saturated carbocycles. The summed E-state index contributed by atoms with van der Waals surface area (Å²) in [5.74, 6) is 1.60. The van der Waals surface area contributed by atoms with Gasteiger partial charge in [0.1, 0.15) is 5.75 Å². The van der Waals surface area contributed by atoms with Gasteiger partial charge in [-0.2, -0.15) is 4.98 Å². The molecule has 0 radical (unpaired) electrons. The van der Waals surface area contributed by atoms with E-state index >= 15 is 0 Å². The molecule has 2 aromatic carbocycles. The Labute approximate surface area is 143 Å². The summed E-state index contributed by atoms with van der Waals surface area (Å²) in [5.41, 5.74) is 2.70. The molecule has 24 heavy (non-hydrogen) atoms. The quantitative estimate of drug-likeness (QED) is 0.572. The van der Waals surface area contributed by atoms with E-state index in [1.807, 2.05) is 43.5 Å². The van der Waals surface area contributed by atoms with Gasteiger partial charge >= 0.3 is 0 Å². The van der Waals surface area contributed by atoms with Crippen molar-refractivity contribution in [2.75, 3.05) is 6.61 Å². The minimum atomic E-state index is 0.419. The van der Waals surface area contributed by atoms with Crippen molar-refractivity contribution in [1.82, 2.24) is 15.1 Å². The number of H-pyrrole nitrogens is 1. The molecular weight excluding hydrogens is 326 g/mol. The van der Waals surface area contributed by atoms with Crippen molar-refractivity contribution in [2.24, 2.45) is 0 Å². The standard InChI is InChI=1S/C18H14ClN3O2/c1-2-23-16-7-6-11(10-14(16)19)18-21-17(22-24-18)13-4-3-5-15-12(13)8-9-20-15/h3-10,20H,2H2,1H3. The molecule has 0 fully saturated rings. The first-order valence-electron chi connectivity index (χ1n) is 7.59. The fraction of sp³-hybridized carbons (Fsp3) is 0.111. The zero-order chi connectivity index (χ0) is 16.5. The van der Waals surface area contributed by atoms with Gasteiger partial charge in [0, 0.05) is 28.2 Å². The van der Waals surface area contributed by atoms with Crippen molar-refractivity contribution < 1.29 is 9.26 Å². The minimum Gasteiger partial charge on any atom is -0.492 e. The first-order chi connectivity index (χ1) is 11.8. The number of hydrogen-bond acceptors (Lipinski definition) is 4. The molecule has 0 aliphatic heterocycles. The maximum atomic E-state index is 6.23. The number of rotatable bonds is 4. The molecule has 5 nitrogen and oxygen atoms in total. The normalized spacial score (nSPS) is 11.1. The zero-order valence-corrected chi connectivity index (χ0v) is 13.7. The maximum Gasteiger partial charge on any atom is 0.258 e. The van der Waals surface area contributed by atoms with Crippen molar-refractivity contribution >= 4 is 22.5 Å². The van der Waals surface area contributed by atoms with Crippen LogP contribution in [-0.4, -0.2) is 21.7 Å². The molecule has 120 valence electrons. The molecule has 2 aromatic heterocycles. The lowest BCUT2D eigenvalue weighted by molar-refractivity contribution is 0.340. The monoisotopic (exact) mass is 339 g/mol. The number of benzene rings is 2. The van der Waals surface area contributed by atoms with E-state index in [9.17, 15) is 0 Å². The second kappa shape index (κ2) is 6.02. The Morgan fingerprint density at radius 2 is 2.12 bits per heavy atom. The van der Waals surface area contributed by atoms with Crippen LogP contribution in [0.4, 0.5) is 0 Å². The van der Waals surface area contributed by atoms with E-state index in [1.165, 1.54) is 0 Å². The van der Waals surface area contributed by atoms with Crippen LogP contribution >= 0.6 is 11.6 Å². The second-order valence-corrected chi connectivity index (χ2v) is 5.65. The molecule has 6 heteroatoms. The third-order valence-corrected chi connectivity index (χ3v) is 4.04. The van der Waals surface area contributed by atoms with Crippen LogP contribution in [0.1, 0.15) is 6.92 Å². The van der Waals surface area contributed by atoms with Crippen LogP contribution in [0.3, 0.4) is 0 Å². The van der Waals surface area contributed by atoms with Gasteiger partial charge in [-0.05, 0) is 37.3 Å². The SMILES string of the molecule is CCOc1ccc(-c2nc(-c3cccc4[nH]ccc34)no2)cc1Cl. The highest BCUT2D eigenvalue weighted by molar-refractivity contribution is 6.32. The fourth-order valence-electron chi connectivity index (χ4n) is 2.64. The van der Waals surface area contributed by atoms with Crippen LogP contribution in [0.15, 0.2) is 53.2 Å². The molecule has 2 heterocycles. The van der Waals surface area contributed by atoms with E-state index in [0.29, 0.717) is 29.1 Å². The molecule has 0 aliphatic rings. The van der Waals surface area contributed by atoms with Crippen molar-refractivity contribution in [2.45, 2.75) is 6.92 Å². The van der Waals surface area contributed by atoms with E-state index in [-0.39, 0.29) is 0 Å². The molecule has 0 spiro atoms. The summed E-state index contributed by atoms with van der Waals surface area (Å²) in [6, 6.07) is 13.3. The van der Waals surface area contributed by atoms with E-state index in [4.69, 9.17) is 20.9 Å². The summed E-state index contributed by atoms with van der Waals surface area (Å²) in [5, 5.41) is 5.67. The third kappa shape index (κ3) is 2.53. The van der Waals surface area contributed by atoms with Crippen molar-refractivity contribution in [3.8, 4) is 28.6 Å². The molecule has 4 aromatic rings. The van der Waals surface area contributed by atoms with Crippen molar-refractivity contribution in [3.05, 3.63) is 53.7 Å². The highest BCUT2D eigenvalue weighted by atomic mass is 35.5. The molecule has 1 N–H and O–H groups in total. The highest BCUT2D eigenvalue weighted by Gasteiger charge is 2.14. The lowest BCUT2D eigenvalue weighted by Gasteiger charge is -2.05. The Bertz CT molecular complexity index is 1010. The van der Waals surface area contributed by atoms with E-state index in [1.54, 1.807) is 12.1 Å². The Balaban J connectivity index is 1.73. The number of ether oxygens (including phenoxy) is 1. The van der Waals surface area contributed by atoms with Crippen molar-refractivity contribution in [3.63, 3.8) is 0 Å². The van der Waals surface area contributed by atoms with Gasteiger partial charge in [0.25, 0.3) is 5.89 Å². The van der Waals surface area contributed by atoms with Gasteiger partial charge < -0.3 is 14.2 Å². The summed E-state index contributed by atoms with van der Waals surface area (Å²) >= 11 is 6.23. The predicted molar refractivity (Wildman–Crippen MR) is 93.2 cm³/mol. The number of fused-ring (bicyclic) bond motifs is 1. The van der Waals surface area contributed by atoms with Gasteiger partial charge in [0.2, 0.25) is 5.82 Å². The summed E-state index contributed by atoms with van der Waals surface area (Å²) in [7, 11) is 0. The van der Waals surface area contributed by atoms with Gasteiger partial charge in [0.05, 0.1) is 11.6 Å². The number of nitrogens with one attached hydrogen (secondary N) is 1. The van der Waals surface area contributed by atoms with Crippen molar-refractivity contribution in [1.29, 1.82) is 0 Å². The first-order valence-corrected chi connectivity index (χ1v) is 7.97. The smallest absolute Gasteiger partial charge is 0.258 e. The fourth-order valence-corrected chi connectivity index (χ4v) is 2.87. The molecule has 4 rings (SSSR count). The van der Waals surface area contributed by atoms with E-state index < -0.39 is 0 Å². The van der Waals surface area contributed by atoms with E-state index in [0.717, 1.165) is 22.0 Å². The summed E-state index contributed by atoms with van der Waals surface area (Å²) in [4.78, 5) is 7.68. The third-order valence-electron chi connectivity index (χ3n) is 3.74. The highest BCUT2D eigenvalue weighted by Crippen LogP contribution is 2.32. The Morgan fingerprint density at radius 3 is 2.96 bits per heavy atom. The Hall–Kier alpha value is -2.79. The molecule has 0 bridgehead atoms. The predicted octanol–water partition coefficient (Wildman–Crippen LogP) is 4.94. The Morgan fingerprint density at radius 1 is 1.21 bits per heavy atom. The van der Waals surface area contributed by atoms with Gasteiger partial charge in [0.15, 0.2) is 0 Å². The summed E-state index contributed by atoms with van der Waals surface area (Å²) in [6.07, 6.45) is 1.89. The lowest BCUT2D eigenvalue weighted by atomic mass is 10.1. The van der Waals surface area contributed by atoms with Crippen LogP contribution in [0.2, 0.25) is 5.02 Å². The summed E-state index contributed by atoms with van der Waals surface area (Å²) in [6.45, 7) is 2.47. The maximum absolute atomic E-state index is 6.23. The summed E-state index contributed by atoms with van der Waals surface area (Å²) < 4.78 is 10.9. The number of nitrogens with zero attached hydrogens (tertiary/aromatic N) is 2. The molecular formula is C18H14ClN3O2. The first kappa shape index (κ1) is 14.8. The van der Waals surface area contributed by atoms with Gasteiger partial charge in [-0.1, -0.05) is 28.9 Å². The van der Waals surface area contributed by atoms with Gasteiger partial charge in [-0.15, -0.1) is 0 Å². The average molecular weight is 340 g/mol. The molecule has 0 atom stereocenters. The molecule has 0 aliphatic carbocycles. The number of aromatic amines is 1. The number of halogens is 1. The zero-order valence-electron chi connectivity index (χ0n) is 12.9. The second-order valence-electron chi connectivity index (χ2n) is 5.25. The number of aromatic nitrogens is 3. The lowest BCUT2D eigenvalue weighted by Crippen LogP contribution is -1.92. The minimum absolute atomic E-state index is 0.419. The Kier molecular flexibility index (Phi) is 3.70. The molecule has 0 saturated heterocycles. The van der Waals surface area contributed by atoms with E-state index in [2.05, 4.69) is 15.1 Å². The van der Waals surface area contributed by atoms with Gasteiger partial charge in [-0.3, -0.25) is 0 Å². The van der Waals surface area contributed by atoms with Crippen LogP contribution in [0, 0.1) is 0 Å². The van der Waals surface area contributed by atoms with Gasteiger partial charge in [-0.25, -0.2) is 0 Å². The van der Waals surface area contributed by atoms with Crippen LogP contribution in [0.25, 0.3) is 33.7 Å². The topological polar surface area (TPSA) is 63.9 Å². The molecule has 0 unspecified atom stereocenters. The largest absolute Gasteiger partial charge is 0.492 e.